The quantitative estimate of drug-likeness (QED) is 0.695. The molecule has 0 spiro atoms. The molecule has 0 radical (unpaired) electrons. The van der Waals surface area contributed by atoms with E-state index >= 15 is 0 Å². The van der Waals surface area contributed by atoms with Crippen molar-refractivity contribution in [3.8, 4) is 0 Å². The molecule has 25 heavy (non-hydrogen) atoms. The van der Waals surface area contributed by atoms with E-state index in [1.165, 1.54) is 19.2 Å². The highest BCUT2D eigenvalue weighted by Gasteiger charge is 2.40. The van der Waals surface area contributed by atoms with E-state index in [2.05, 4.69) is 10.6 Å². The number of nitrogens with one attached hydrogen (secondary N) is 2. The number of carbonyl (C=O) groups excluding carboxylic acids is 2. The van der Waals surface area contributed by atoms with Gasteiger partial charge in [0, 0.05) is 18.5 Å². The molecule has 0 aliphatic heterocycles. The number of anilines is 1. The number of hydrogen-bond donors (Lipinski definition) is 3. The van der Waals surface area contributed by atoms with E-state index in [9.17, 15) is 19.5 Å². The molecule has 7 heteroatoms. The first-order valence-electron chi connectivity index (χ1n) is 8.43. The second kappa shape index (κ2) is 8.34. The number of amides is 2. The number of hydrogen-bond acceptors (Lipinski definition) is 3. The first-order chi connectivity index (χ1) is 11.9. The van der Waals surface area contributed by atoms with Crippen molar-refractivity contribution in [2.45, 2.75) is 44.9 Å². The molecule has 136 valence electrons. The van der Waals surface area contributed by atoms with Crippen LogP contribution in [-0.4, -0.2) is 29.9 Å². The Bertz CT molecular complexity index is 667. The molecule has 6 nitrogen and oxygen atoms in total. The highest BCUT2D eigenvalue weighted by Crippen LogP contribution is 2.39. The Balaban J connectivity index is 2.20. The summed E-state index contributed by atoms with van der Waals surface area (Å²) in [7, 11) is 1.49. The van der Waals surface area contributed by atoms with Crippen LogP contribution >= 0.6 is 11.6 Å². The molecular weight excluding hydrogens is 344 g/mol. The minimum Gasteiger partial charge on any atom is -0.481 e. The van der Waals surface area contributed by atoms with Gasteiger partial charge in [0.1, 0.15) is 0 Å². The zero-order valence-corrected chi connectivity index (χ0v) is 15.0. The second-order valence-corrected chi connectivity index (χ2v) is 6.93. The molecule has 0 unspecified atom stereocenters. The largest absolute Gasteiger partial charge is 0.481 e. The molecule has 2 amide bonds. The van der Waals surface area contributed by atoms with Crippen molar-refractivity contribution in [2.75, 3.05) is 12.4 Å². The molecule has 1 aromatic carbocycles. The normalized spacial score (nSPS) is 16.6. The van der Waals surface area contributed by atoms with Gasteiger partial charge in [-0.3, -0.25) is 14.4 Å². The van der Waals surface area contributed by atoms with Gasteiger partial charge in [-0.2, -0.15) is 0 Å². The summed E-state index contributed by atoms with van der Waals surface area (Å²) in [6.45, 7) is 0. The molecule has 1 fully saturated rings. The zero-order chi connectivity index (χ0) is 18.4. The lowest BCUT2D eigenvalue weighted by Gasteiger charge is -2.27. The summed E-state index contributed by atoms with van der Waals surface area (Å²) in [4.78, 5) is 36.3. The standard InChI is InChI=1S/C18H23ClN2O4/c1-20-16(23)13-7-6-12(19)10-14(13)21-15(22)11-18(17(24)25)8-4-2-3-5-9-18/h6-7,10H,2-5,8-9,11H2,1H3,(H,20,23)(H,21,22)(H,24,25). The maximum absolute atomic E-state index is 12.5. The lowest BCUT2D eigenvalue weighted by atomic mass is 9.77. The predicted octanol–water partition coefficient (Wildman–Crippen LogP) is 3.45. The smallest absolute Gasteiger partial charge is 0.310 e. The van der Waals surface area contributed by atoms with Gasteiger partial charge in [0.2, 0.25) is 5.91 Å². The van der Waals surface area contributed by atoms with Crippen LogP contribution in [0.3, 0.4) is 0 Å². The third-order valence-corrected chi connectivity index (χ3v) is 4.98. The van der Waals surface area contributed by atoms with Crippen LogP contribution in [-0.2, 0) is 9.59 Å². The van der Waals surface area contributed by atoms with Crippen LogP contribution in [0.5, 0.6) is 0 Å². The molecule has 0 atom stereocenters. The van der Waals surface area contributed by atoms with Crippen molar-refractivity contribution in [3.63, 3.8) is 0 Å². The predicted molar refractivity (Wildman–Crippen MR) is 95.9 cm³/mol. The van der Waals surface area contributed by atoms with Gasteiger partial charge in [-0.1, -0.05) is 37.3 Å². The van der Waals surface area contributed by atoms with E-state index in [-0.39, 0.29) is 23.6 Å². The third kappa shape index (κ3) is 4.72. The van der Waals surface area contributed by atoms with Crippen LogP contribution in [0.15, 0.2) is 18.2 Å². The summed E-state index contributed by atoms with van der Waals surface area (Å²) in [6, 6.07) is 4.58. The fourth-order valence-electron chi connectivity index (χ4n) is 3.33. The number of halogens is 1. The number of carbonyl (C=O) groups is 3. The average Bonchev–Trinajstić information content (AvgIpc) is 2.80. The van der Waals surface area contributed by atoms with E-state index < -0.39 is 17.3 Å². The van der Waals surface area contributed by atoms with Crippen molar-refractivity contribution < 1.29 is 19.5 Å². The van der Waals surface area contributed by atoms with Crippen LogP contribution < -0.4 is 10.6 Å². The number of benzene rings is 1. The number of aliphatic carboxylic acids is 1. The first-order valence-corrected chi connectivity index (χ1v) is 8.81. The first kappa shape index (κ1) is 19.2. The maximum atomic E-state index is 12.5. The lowest BCUT2D eigenvalue weighted by molar-refractivity contribution is -0.152. The van der Waals surface area contributed by atoms with Gasteiger partial charge >= 0.3 is 5.97 Å². The Morgan fingerprint density at radius 3 is 2.36 bits per heavy atom. The minimum absolute atomic E-state index is 0.109. The van der Waals surface area contributed by atoms with Crippen molar-refractivity contribution in [1.29, 1.82) is 0 Å². The highest BCUT2D eigenvalue weighted by molar-refractivity contribution is 6.31. The van der Waals surface area contributed by atoms with Crippen molar-refractivity contribution in [2.24, 2.45) is 5.41 Å². The zero-order valence-electron chi connectivity index (χ0n) is 14.2. The summed E-state index contributed by atoms with van der Waals surface area (Å²) in [5.41, 5.74) is -0.469. The van der Waals surface area contributed by atoms with Gasteiger partial charge in [-0.25, -0.2) is 0 Å². The summed E-state index contributed by atoms with van der Waals surface area (Å²) in [6.07, 6.45) is 4.47. The van der Waals surface area contributed by atoms with Gasteiger partial charge in [0.25, 0.3) is 5.91 Å². The fourth-order valence-corrected chi connectivity index (χ4v) is 3.50. The van der Waals surface area contributed by atoms with Gasteiger partial charge < -0.3 is 15.7 Å². The van der Waals surface area contributed by atoms with Crippen LogP contribution in [0.2, 0.25) is 5.02 Å². The Morgan fingerprint density at radius 1 is 1.16 bits per heavy atom. The number of carboxylic acid groups (broad SMARTS) is 1. The highest BCUT2D eigenvalue weighted by atomic mass is 35.5. The molecule has 1 aromatic rings. The van der Waals surface area contributed by atoms with Crippen LogP contribution in [0, 0.1) is 5.41 Å². The molecule has 0 heterocycles. The molecule has 0 bridgehead atoms. The lowest BCUT2D eigenvalue weighted by Crippen LogP contribution is -2.35. The molecule has 1 saturated carbocycles. The molecule has 0 saturated heterocycles. The fraction of sp³-hybridized carbons (Fsp3) is 0.500. The van der Waals surface area contributed by atoms with Crippen LogP contribution in [0.25, 0.3) is 0 Å². The minimum atomic E-state index is -1.04. The van der Waals surface area contributed by atoms with E-state index in [0.29, 0.717) is 17.9 Å². The Morgan fingerprint density at radius 2 is 1.80 bits per heavy atom. The molecule has 1 aliphatic rings. The molecule has 1 aliphatic carbocycles. The second-order valence-electron chi connectivity index (χ2n) is 6.49. The molecular formula is C18H23ClN2O4. The Kier molecular flexibility index (Phi) is 6.42. The van der Waals surface area contributed by atoms with Crippen LogP contribution in [0.1, 0.15) is 55.3 Å². The van der Waals surface area contributed by atoms with E-state index in [1.54, 1.807) is 6.07 Å². The molecule has 2 rings (SSSR count). The van der Waals surface area contributed by atoms with Gasteiger partial charge in [0.15, 0.2) is 0 Å². The summed E-state index contributed by atoms with van der Waals surface area (Å²) in [5, 5.41) is 15.2. The topological polar surface area (TPSA) is 95.5 Å². The summed E-state index contributed by atoms with van der Waals surface area (Å²) in [5.74, 6) is -1.70. The number of carboxylic acids is 1. The van der Waals surface area contributed by atoms with Crippen molar-refractivity contribution in [3.05, 3.63) is 28.8 Å². The van der Waals surface area contributed by atoms with Gasteiger partial charge in [-0.05, 0) is 31.0 Å². The van der Waals surface area contributed by atoms with Gasteiger partial charge in [0.05, 0.1) is 16.7 Å². The average molecular weight is 367 g/mol. The van der Waals surface area contributed by atoms with E-state index in [0.717, 1.165) is 25.7 Å². The Hall–Kier alpha value is -2.08. The summed E-state index contributed by atoms with van der Waals surface area (Å²) < 4.78 is 0. The SMILES string of the molecule is CNC(=O)c1ccc(Cl)cc1NC(=O)CC1(C(=O)O)CCCCCC1. The monoisotopic (exact) mass is 366 g/mol. The Labute approximate surface area is 151 Å². The summed E-state index contributed by atoms with van der Waals surface area (Å²) >= 11 is 5.96. The molecule has 3 N–H and O–H groups in total. The van der Waals surface area contributed by atoms with E-state index in [1.807, 2.05) is 0 Å². The van der Waals surface area contributed by atoms with Gasteiger partial charge in [-0.15, -0.1) is 0 Å². The van der Waals surface area contributed by atoms with Crippen molar-refractivity contribution >= 4 is 35.1 Å². The number of rotatable bonds is 5. The maximum Gasteiger partial charge on any atom is 0.310 e. The van der Waals surface area contributed by atoms with Crippen LogP contribution in [0.4, 0.5) is 5.69 Å². The molecule has 0 aromatic heterocycles. The van der Waals surface area contributed by atoms with E-state index in [4.69, 9.17) is 11.6 Å². The van der Waals surface area contributed by atoms with Crippen molar-refractivity contribution in [1.82, 2.24) is 5.32 Å². The third-order valence-electron chi connectivity index (χ3n) is 4.74.